The summed E-state index contributed by atoms with van der Waals surface area (Å²) in [5, 5.41) is 23.3. The van der Waals surface area contributed by atoms with Gasteiger partial charge in [0.1, 0.15) is 0 Å². The molecule has 6 heteroatoms. The molecule has 0 aliphatic heterocycles. The number of rotatable bonds is 74. The van der Waals surface area contributed by atoms with Gasteiger partial charge in [-0.05, 0) is 64.2 Å². The van der Waals surface area contributed by atoms with Gasteiger partial charge in [0.15, 0.2) is 0 Å². The third kappa shape index (κ3) is 71.2. The molecule has 2 unspecified atom stereocenters. The number of hydrogen-bond donors (Lipinski definition) is 3. The van der Waals surface area contributed by atoms with Crippen LogP contribution in [0.5, 0.6) is 0 Å². The molecule has 1 amide bonds. The largest absolute Gasteiger partial charge is 0.466 e. The molecule has 0 fully saturated rings. The van der Waals surface area contributed by atoms with Crippen LogP contribution in [-0.2, 0) is 14.3 Å². The quantitative estimate of drug-likeness (QED) is 0.0320. The molecule has 0 aromatic rings. The van der Waals surface area contributed by atoms with Gasteiger partial charge in [-0.2, -0.15) is 0 Å². The van der Waals surface area contributed by atoms with Crippen LogP contribution >= 0.6 is 0 Å². The van der Waals surface area contributed by atoms with Gasteiger partial charge in [-0.15, -0.1) is 0 Å². The molecule has 3 N–H and O–H groups in total. The van der Waals surface area contributed by atoms with Gasteiger partial charge in [0.05, 0.1) is 25.4 Å². The maximum absolute atomic E-state index is 12.5. The maximum atomic E-state index is 12.5. The highest BCUT2D eigenvalue weighted by molar-refractivity contribution is 5.76. The average molecular weight is 1210 g/mol. The minimum Gasteiger partial charge on any atom is -0.466 e. The van der Waals surface area contributed by atoms with E-state index in [1.165, 1.54) is 366 Å². The highest BCUT2D eigenvalue weighted by Gasteiger charge is 2.18. The summed E-state index contributed by atoms with van der Waals surface area (Å²) in [6.07, 6.45) is 98.3. The zero-order valence-electron chi connectivity index (χ0n) is 58.3. The summed E-state index contributed by atoms with van der Waals surface area (Å²) in [5.41, 5.74) is 0. The second kappa shape index (κ2) is 75.5. The molecule has 2 atom stereocenters. The normalized spacial score (nSPS) is 12.7. The Bertz CT molecular complexity index is 1390. The van der Waals surface area contributed by atoms with Crippen molar-refractivity contribution in [1.29, 1.82) is 0 Å². The van der Waals surface area contributed by atoms with E-state index in [0.29, 0.717) is 19.4 Å². The smallest absolute Gasteiger partial charge is 0.305 e. The molecular weight excluding hydrogens is 1050 g/mol. The van der Waals surface area contributed by atoms with Gasteiger partial charge in [-0.1, -0.05) is 397 Å². The Balaban J connectivity index is 3.41. The van der Waals surface area contributed by atoms with Crippen LogP contribution in [0.15, 0.2) is 36.5 Å². The third-order valence-electron chi connectivity index (χ3n) is 18.4. The second-order valence-corrected chi connectivity index (χ2v) is 27.0. The molecule has 6 nitrogen and oxygen atoms in total. The van der Waals surface area contributed by atoms with E-state index in [9.17, 15) is 19.8 Å². The lowest BCUT2D eigenvalue weighted by atomic mass is 10.0. The summed E-state index contributed by atoms with van der Waals surface area (Å²) < 4.78 is 5.51. The van der Waals surface area contributed by atoms with Crippen LogP contribution < -0.4 is 5.32 Å². The van der Waals surface area contributed by atoms with E-state index >= 15 is 0 Å². The second-order valence-electron chi connectivity index (χ2n) is 27.0. The topological polar surface area (TPSA) is 95.9 Å². The van der Waals surface area contributed by atoms with Crippen LogP contribution in [0.3, 0.4) is 0 Å². The minimum absolute atomic E-state index is 0.0169. The van der Waals surface area contributed by atoms with Crippen molar-refractivity contribution in [1.82, 2.24) is 5.32 Å². The molecule has 0 rings (SSSR count). The predicted octanol–water partition coefficient (Wildman–Crippen LogP) is 25.8. The molecule has 0 aromatic carbocycles. The fourth-order valence-electron chi connectivity index (χ4n) is 12.4. The SMILES string of the molecule is CCCCCCCCCCCCCCCCCCCCCC/C=C/C(O)C(CO)NC(=O)CCCCCCCCCCCCCCC/C=C\C/C=C\CCCCCCCCCCCOC(=O)CCCCCCCCCCCCCCCCCCCC. The number of nitrogens with one attached hydrogen (secondary N) is 1. The molecule has 0 heterocycles. The predicted molar refractivity (Wildman–Crippen MR) is 379 cm³/mol. The van der Waals surface area contributed by atoms with Crippen molar-refractivity contribution in [2.75, 3.05) is 13.2 Å². The fourth-order valence-corrected chi connectivity index (χ4v) is 12.4. The molecule has 0 saturated heterocycles. The minimum atomic E-state index is -0.847. The number of aliphatic hydroxyl groups excluding tert-OH is 2. The van der Waals surface area contributed by atoms with E-state index < -0.39 is 12.1 Å². The Morgan fingerprint density at radius 1 is 0.326 bits per heavy atom. The molecule has 0 aromatic heterocycles. The third-order valence-corrected chi connectivity index (χ3v) is 18.4. The summed E-state index contributed by atoms with van der Waals surface area (Å²) in [5.74, 6) is -0.0477. The van der Waals surface area contributed by atoms with Crippen LogP contribution in [-0.4, -0.2) is 47.4 Å². The Hall–Kier alpha value is -1.92. The van der Waals surface area contributed by atoms with Gasteiger partial charge in [0.25, 0.3) is 0 Å². The van der Waals surface area contributed by atoms with Crippen molar-refractivity contribution in [3.63, 3.8) is 0 Å². The summed E-state index contributed by atoms with van der Waals surface area (Å²) in [7, 11) is 0. The Kier molecular flexibility index (Phi) is 73.9. The first-order valence-electron chi connectivity index (χ1n) is 39.3. The zero-order chi connectivity index (χ0) is 62.0. The molecule has 86 heavy (non-hydrogen) atoms. The lowest BCUT2D eigenvalue weighted by Gasteiger charge is -2.20. The average Bonchev–Trinajstić information content (AvgIpc) is 3.54. The van der Waals surface area contributed by atoms with Crippen LogP contribution in [0.2, 0.25) is 0 Å². The van der Waals surface area contributed by atoms with Gasteiger partial charge < -0.3 is 20.3 Å². The van der Waals surface area contributed by atoms with Gasteiger partial charge in [-0.3, -0.25) is 9.59 Å². The monoisotopic (exact) mass is 1210 g/mol. The molecular formula is C80H153NO5. The van der Waals surface area contributed by atoms with Crippen molar-refractivity contribution in [2.45, 2.75) is 450 Å². The van der Waals surface area contributed by atoms with Crippen molar-refractivity contribution in [2.24, 2.45) is 0 Å². The molecule has 0 aliphatic rings. The number of ether oxygens (including phenoxy) is 1. The van der Waals surface area contributed by atoms with Crippen LogP contribution in [0.4, 0.5) is 0 Å². The summed E-state index contributed by atoms with van der Waals surface area (Å²) in [4.78, 5) is 24.7. The van der Waals surface area contributed by atoms with E-state index in [2.05, 4.69) is 43.5 Å². The number of hydrogen-bond acceptors (Lipinski definition) is 5. The van der Waals surface area contributed by atoms with Gasteiger partial charge in [0.2, 0.25) is 5.91 Å². The Morgan fingerprint density at radius 2 is 0.581 bits per heavy atom. The lowest BCUT2D eigenvalue weighted by Crippen LogP contribution is -2.45. The van der Waals surface area contributed by atoms with E-state index in [1.54, 1.807) is 6.08 Å². The molecule has 508 valence electrons. The highest BCUT2D eigenvalue weighted by atomic mass is 16.5. The number of carbonyl (C=O) groups excluding carboxylic acids is 2. The van der Waals surface area contributed by atoms with Gasteiger partial charge in [-0.25, -0.2) is 0 Å². The molecule has 0 radical (unpaired) electrons. The van der Waals surface area contributed by atoms with E-state index in [0.717, 1.165) is 44.9 Å². The van der Waals surface area contributed by atoms with Crippen LogP contribution in [0, 0.1) is 0 Å². The Labute approximate surface area is 538 Å². The summed E-state index contributed by atoms with van der Waals surface area (Å²) >= 11 is 0. The number of amides is 1. The van der Waals surface area contributed by atoms with Crippen molar-refractivity contribution >= 4 is 11.9 Å². The number of unbranched alkanes of at least 4 members (excludes halogenated alkanes) is 59. The van der Waals surface area contributed by atoms with Crippen molar-refractivity contribution in [3.05, 3.63) is 36.5 Å². The molecule has 0 saturated carbocycles. The Morgan fingerprint density at radius 3 is 0.884 bits per heavy atom. The number of aliphatic hydroxyl groups is 2. The van der Waals surface area contributed by atoms with Crippen molar-refractivity contribution < 1.29 is 24.5 Å². The summed E-state index contributed by atoms with van der Waals surface area (Å²) in [6, 6.07) is -0.630. The van der Waals surface area contributed by atoms with Crippen LogP contribution in [0.25, 0.3) is 0 Å². The van der Waals surface area contributed by atoms with Crippen molar-refractivity contribution in [3.8, 4) is 0 Å². The lowest BCUT2D eigenvalue weighted by molar-refractivity contribution is -0.143. The zero-order valence-corrected chi connectivity index (χ0v) is 58.3. The van der Waals surface area contributed by atoms with Gasteiger partial charge >= 0.3 is 5.97 Å². The van der Waals surface area contributed by atoms with E-state index in [1.807, 2.05) is 6.08 Å². The van der Waals surface area contributed by atoms with Crippen LogP contribution in [0.1, 0.15) is 438 Å². The first kappa shape index (κ1) is 84.1. The number of esters is 1. The number of carbonyl (C=O) groups is 2. The molecule has 0 spiro atoms. The first-order chi connectivity index (χ1) is 42.5. The van der Waals surface area contributed by atoms with E-state index in [-0.39, 0.29) is 18.5 Å². The fraction of sp³-hybridized carbons (Fsp3) is 0.900. The molecule has 0 bridgehead atoms. The number of allylic oxidation sites excluding steroid dienone is 5. The van der Waals surface area contributed by atoms with Gasteiger partial charge in [0, 0.05) is 12.8 Å². The standard InChI is InChI=1S/C80H153NO5/c1-3-5-7-9-11-13-15-17-19-21-23-24-34-37-40-44-48-52-56-60-64-68-72-78(83)77(76-82)81-79(84)73-69-65-61-57-53-49-45-41-38-35-32-30-28-26-25-27-29-31-33-36-39-43-47-51-55-59-63-67-71-75-86-80(85)74-70-66-62-58-54-50-46-42-22-20-18-16-14-12-10-8-6-4-2/h25,27,31,33,68,72,77-78,82-83H,3-24,26,28-30,32,34-67,69-71,73-76H2,1-2H3,(H,81,84)/b27-25-,33-31-,72-68+. The first-order valence-corrected chi connectivity index (χ1v) is 39.3. The van der Waals surface area contributed by atoms with E-state index in [4.69, 9.17) is 4.74 Å². The molecule has 0 aliphatic carbocycles. The maximum Gasteiger partial charge on any atom is 0.305 e. The highest BCUT2D eigenvalue weighted by Crippen LogP contribution is 2.19. The summed E-state index contributed by atoms with van der Waals surface area (Å²) in [6.45, 7) is 4.95.